The van der Waals surface area contributed by atoms with Crippen LogP contribution in [0.5, 0.6) is 0 Å². The zero-order valence-electron chi connectivity index (χ0n) is 11.7. The predicted molar refractivity (Wildman–Crippen MR) is 82.3 cm³/mol. The van der Waals surface area contributed by atoms with Gasteiger partial charge in [-0.2, -0.15) is 0 Å². The SMILES string of the molecule is Nc1ccc2[nH]cc(S(=O)(=O)NC3CC4CCC3C4)c2c1. The van der Waals surface area contributed by atoms with Gasteiger partial charge in [0.2, 0.25) is 10.0 Å². The number of aromatic amines is 1. The Hall–Kier alpha value is -1.53. The minimum atomic E-state index is -3.50. The van der Waals surface area contributed by atoms with Crippen molar-refractivity contribution in [2.45, 2.75) is 36.6 Å². The van der Waals surface area contributed by atoms with Crippen LogP contribution in [0.4, 0.5) is 5.69 Å². The monoisotopic (exact) mass is 305 g/mol. The van der Waals surface area contributed by atoms with Gasteiger partial charge >= 0.3 is 0 Å². The lowest BCUT2D eigenvalue weighted by molar-refractivity contribution is 0.390. The molecule has 112 valence electrons. The number of hydrogen-bond acceptors (Lipinski definition) is 3. The van der Waals surface area contributed by atoms with Gasteiger partial charge in [0.05, 0.1) is 0 Å². The molecule has 3 atom stereocenters. The Morgan fingerprint density at radius 2 is 2.10 bits per heavy atom. The fourth-order valence-electron chi connectivity index (χ4n) is 3.99. The number of aromatic nitrogens is 1. The van der Waals surface area contributed by atoms with Crippen LogP contribution in [0.25, 0.3) is 10.9 Å². The molecule has 4 rings (SSSR count). The molecule has 6 heteroatoms. The summed E-state index contributed by atoms with van der Waals surface area (Å²) in [5.41, 5.74) is 7.14. The van der Waals surface area contributed by atoms with Gasteiger partial charge in [0, 0.05) is 28.8 Å². The number of anilines is 1. The molecule has 2 aliphatic rings. The second kappa shape index (κ2) is 4.48. The summed E-state index contributed by atoms with van der Waals surface area (Å²) in [7, 11) is -3.50. The van der Waals surface area contributed by atoms with E-state index >= 15 is 0 Å². The summed E-state index contributed by atoms with van der Waals surface area (Å²) in [6.45, 7) is 0. The summed E-state index contributed by atoms with van der Waals surface area (Å²) in [5, 5.41) is 0.658. The highest BCUT2D eigenvalue weighted by molar-refractivity contribution is 7.89. The second-order valence-electron chi connectivity index (χ2n) is 6.36. The number of nitrogen functional groups attached to an aromatic ring is 1. The highest BCUT2D eigenvalue weighted by Crippen LogP contribution is 2.45. The Bertz CT molecular complexity index is 796. The number of rotatable bonds is 3. The van der Waals surface area contributed by atoms with Crippen LogP contribution in [0.2, 0.25) is 0 Å². The Kier molecular flexibility index (Phi) is 2.81. The lowest BCUT2D eigenvalue weighted by Gasteiger charge is -2.22. The zero-order chi connectivity index (χ0) is 14.6. The molecule has 1 aromatic carbocycles. The van der Waals surface area contributed by atoms with Crippen molar-refractivity contribution in [1.29, 1.82) is 0 Å². The molecule has 0 radical (unpaired) electrons. The van der Waals surface area contributed by atoms with Gasteiger partial charge in [-0.15, -0.1) is 0 Å². The Labute approximate surface area is 124 Å². The number of H-pyrrole nitrogens is 1. The summed E-state index contributed by atoms with van der Waals surface area (Å²) in [4.78, 5) is 3.30. The Morgan fingerprint density at radius 3 is 2.81 bits per heavy atom. The van der Waals surface area contributed by atoms with Crippen molar-refractivity contribution in [3.63, 3.8) is 0 Å². The number of benzene rings is 1. The maximum absolute atomic E-state index is 12.7. The first kappa shape index (κ1) is 13.2. The second-order valence-corrected chi connectivity index (χ2v) is 8.04. The molecule has 0 aliphatic heterocycles. The van der Waals surface area contributed by atoms with E-state index in [-0.39, 0.29) is 6.04 Å². The third kappa shape index (κ3) is 2.13. The average Bonchev–Trinajstić information content (AvgIpc) is 3.11. The van der Waals surface area contributed by atoms with Crippen molar-refractivity contribution in [3.05, 3.63) is 24.4 Å². The molecule has 1 aromatic heterocycles. The third-order valence-electron chi connectivity index (χ3n) is 5.00. The Balaban J connectivity index is 1.68. The summed E-state index contributed by atoms with van der Waals surface area (Å²) in [6, 6.07) is 5.38. The van der Waals surface area contributed by atoms with Crippen molar-refractivity contribution >= 4 is 26.6 Å². The molecule has 1 heterocycles. The average molecular weight is 305 g/mol. The van der Waals surface area contributed by atoms with Crippen LogP contribution in [0.15, 0.2) is 29.3 Å². The number of sulfonamides is 1. The van der Waals surface area contributed by atoms with Gasteiger partial charge in [0.1, 0.15) is 4.90 Å². The molecule has 2 aromatic rings. The maximum Gasteiger partial charge on any atom is 0.242 e. The lowest BCUT2D eigenvalue weighted by atomic mass is 9.96. The van der Waals surface area contributed by atoms with E-state index in [9.17, 15) is 8.42 Å². The van der Waals surface area contributed by atoms with Crippen molar-refractivity contribution in [2.24, 2.45) is 11.8 Å². The van der Waals surface area contributed by atoms with Crippen LogP contribution < -0.4 is 10.5 Å². The fourth-order valence-corrected chi connectivity index (χ4v) is 5.47. The molecule has 0 spiro atoms. The van der Waals surface area contributed by atoms with Gasteiger partial charge in [-0.1, -0.05) is 6.42 Å². The van der Waals surface area contributed by atoms with Gasteiger partial charge in [-0.25, -0.2) is 13.1 Å². The first-order chi connectivity index (χ1) is 10.0. The zero-order valence-corrected chi connectivity index (χ0v) is 12.5. The van der Waals surface area contributed by atoms with E-state index in [1.165, 1.54) is 12.8 Å². The van der Waals surface area contributed by atoms with E-state index in [0.29, 0.717) is 27.8 Å². The molecule has 2 bridgehead atoms. The number of nitrogens with two attached hydrogens (primary N) is 1. The van der Waals surface area contributed by atoms with E-state index in [1.54, 1.807) is 24.4 Å². The standard InChI is InChI=1S/C15H19N3O2S/c16-11-3-4-13-12(7-11)15(8-17-13)21(19,20)18-14-6-9-1-2-10(14)5-9/h3-4,7-10,14,17-18H,1-2,5-6,16H2. The van der Waals surface area contributed by atoms with Gasteiger partial charge in [0.15, 0.2) is 0 Å². The summed E-state index contributed by atoms with van der Waals surface area (Å²) >= 11 is 0. The predicted octanol–water partition coefficient (Wildman–Crippen LogP) is 2.22. The van der Waals surface area contributed by atoms with Crippen molar-refractivity contribution in [1.82, 2.24) is 9.71 Å². The molecule has 21 heavy (non-hydrogen) atoms. The van der Waals surface area contributed by atoms with E-state index in [0.717, 1.165) is 18.4 Å². The molecule has 0 amide bonds. The van der Waals surface area contributed by atoms with Crippen LogP contribution in [-0.2, 0) is 10.0 Å². The molecular formula is C15H19N3O2S. The Morgan fingerprint density at radius 1 is 1.24 bits per heavy atom. The molecule has 0 saturated heterocycles. The van der Waals surface area contributed by atoms with Crippen LogP contribution in [0, 0.1) is 11.8 Å². The molecule has 4 N–H and O–H groups in total. The van der Waals surface area contributed by atoms with E-state index in [2.05, 4.69) is 9.71 Å². The van der Waals surface area contributed by atoms with Gasteiger partial charge in [0.25, 0.3) is 0 Å². The first-order valence-corrected chi connectivity index (χ1v) is 8.90. The van der Waals surface area contributed by atoms with E-state index < -0.39 is 10.0 Å². The molecular weight excluding hydrogens is 286 g/mol. The quantitative estimate of drug-likeness (QED) is 0.760. The van der Waals surface area contributed by atoms with Crippen molar-refractivity contribution < 1.29 is 8.42 Å². The van der Waals surface area contributed by atoms with Gasteiger partial charge < -0.3 is 10.7 Å². The number of nitrogens with one attached hydrogen (secondary N) is 2. The molecule has 2 aliphatic carbocycles. The largest absolute Gasteiger partial charge is 0.399 e. The van der Waals surface area contributed by atoms with E-state index in [1.807, 2.05) is 0 Å². The molecule has 5 nitrogen and oxygen atoms in total. The summed E-state index contributed by atoms with van der Waals surface area (Å²) in [6.07, 6.45) is 6.12. The highest BCUT2D eigenvalue weighted by Gasteiger charge is 2.41. The topological polar surface area (TPSA) is 88.0 Å². The van der Waals surface area contributed by atoms with Gasteiger partial charge in [-0.3, -0.25) is 0 Å². The maximum atomic E-state index is 12.7. The fraction of sp³-hybridized carbons (Fsp3) is 0.467. The first-order valence-electron chi connectivity index (χ1n) is 7.42. The van der Waals surface area contributed by atoms with Crippen LogP contribution in [0.1, 0.15) is 25.7 Å². The smallest absolute Gasteiger partial charge is 0.242 e. The highest BCUT2D eigenvalue weighted by atomic mass is 32.2. The minimum absolute atomic E-state index is 0.0970. The summed E-state index contributed by atoms with van der Waals surface area (Å²) < 4.78 is 28.3. The van der Waals surface area contributed by atoms with Crippen molar-refractivity contribution in [3.8, 4) is 0 Å². The molecule has 2 saturated carbocycles. The minimum Gasteiger partial charge on any atom is -0.399 e. The number of hydrogen-bond donors (Lipinski definition) is 3. The van der Waals surface area contributed by atoms with Crippen LogP contribution >= 0.6 is 0 Å². The third-order valence-corrected chi connectivity index (χ3v) is 6.53. The molecule has 2 fully saturated rings. The lowest BCUT2D eigenvalue weighted by Crippen LogP contribution is -2.38. The van der Waals surface area contributed by atoms with Crippen molar-refractivity contribution in [2.75, 3.05) is 5.73 Å². The molecule has 3 unspecified atom stereocenters. The number of fused-ring (bicyclic) bond motifs is 3. The van der Waals surface area contributed by atoms with Crippen LogP contribution in [-0.4, -0.2) is 19.4 Å². The van der Waals surface area contributed by atoms with E-state index in [4.69, 9.17) is 5.73 Å². The van der Waals surface area contributed by atoms with Crippen LogP contribution in [0.3, 0.4) is 0 Å². The summed E-state index contributed by atoms with van der Waals surface area (Å²) in [5.74, 6) is 1.22. The normalized spacial score (nSPS) is 28.5. The van der Waals surface area contributed by atoms with Gasteiger partial charge in [-0.05, 0) is 49.3 Å².